The van der Waals surface area contributed by atoms with Gasteiger partial charge in [0, 0.05) is 24.7 Å². The molecule has 3 heterocycles. The fourth-order valence-corrected chi connectivity index (χ4v) is 4.58. The number of carbonyl (C=O) groups excluding carboxylic acids is 1. The number of hydrogen-bond donors (Lipinski definition) is 2. The highest BCUT2D eigenvalue weighted by Crippen LogP contribution is 2.28. The van der Waals surface area contributed by atoms with Gasteiger partial charge in [-0.25, -0.2) is 4.79 Å². The highest BCUT2D eigenvalue weighted by Gasteiger charge is 2.27. The van der Waals surface area contributed by atoms with Crippen LogP contribution >= 0.6 is 0 Å². The van der Waals surface area contributed by atoms with E-state index in [0.717, 1.165) is 57.2 Å². The molecule has 2 aliphatic rings. The van der Waals surface area contributed by atoms with Gasteiger partial charge in [0.05, 0.1) is 12.2 Å². The summed E-state index contributed by atoms with van der Waals surface area (Å²) in [6.07, 6.45) is 9.71. The van der Waals surface area contributed by atoms with E-state index in [0.29, 0.717) is 17.4 Å². The summed E-state index contributed by atoms with van der Waals surface area (Å²) >= 11 is 0. The van der Waals surface area contributed by atoms with Crippen LogP contribution in [-0.2, 0) is 0 Å². The van der Waals surface area contributed by atoms with Crippen molar-refractivity contribution in [3.05, 3.63) is 51.3 Å². The minimum atomic E-state index is -0.524. The smallest absolute Gasteiger partial charge is 0.349 e. The summed E-state index contributed by atoms with van der Waals surface area (Å²) in [5.74, 6) is 0.572. The Hall–Kier alpha value is -2.41. The maximum Gasteiger partial charge on any atom is 0.349 e. The zero-order valence-electron chi connectivity index (χ0n) is 17.2. The van der Waals surface area contributed by atoms with Crippen LogP contribution in [-0.4, -0.2) is 34.8 Å². The molecule has 7 heteroatoms. The van der Waals surface area contributed by atoms with Crippen molar-refractivity contribution in [2.24, 2.45) is 0 Å². The summed E-state index contributed by atoms with van der Waals surface area (Å²) in [6.45, 7) is 5.68. The largest absolute Gasteiger partial charge is 0.427 e. The number of hydrogen-bond acceptors (Lipinski definition) is 5. The quantitative estimate of drug-likeness (QED) is 0.827. The van der Waals surface area contributed by atoms with Crippen LogP contribution < -0.4 is 16.3 Å². The number of aromatic nitrogens is 2. The van der Waals surface area contributed by atoms with Crippen LogP contribution in [0.15, 0.2) is 27.7 Å². The van der Waals surface area contributed by atoms with Gasteiger partial charge in [0.1, 0.15) is 11.3 Å². The standard InChI is InChI=1S/C22H30N4O3/c1-14-11-24-26(13-14)18-7-5-17(6-8-18)25-21(27)20-15(2)10-19(29-22(20)28)16-4-3-9-23-12-16/h10-11,13,16-18,23H,3-9,12H2,1-2H3,(H,25,27). The van der Waals surface area contributed by atoms with Gasteiger partial charge < -0.3 is 15.1 Å². The third kappa shape index (κ3) is 4.45. The number of piperidine rings is 1. The average molecular weight is 399 g/mol. The first-order valence-corrected chi connectivity index (χ1v) is 10.7. The minimum Gasteiger partial charge on any atom is -0.427 e. The van der Waals surface area contributed by atoms with E-state index >= 15 is 0 Å². The number of carbonyl (C=O) groups is 1. The molecule has 1 atom stereocenters. The maximum atomic E-state index is 12.8. The van der Waals surface area contributed by atoms with Gasteiger partial charge in [-0.2, -0.15) is 5.10 Å². The van der Waals surface area contributed by atoms with E-state index in [1.54, 1.807) is 0 Å². The molecule has 0 bridgehead atoms. The van der Waals surface area contributed by atoms with Crippen molar-refractivity contribution in [3.63, 3.8) is 0 Å². The summed E-state index contributed by atoms with van der Waals surface area (Å²) in [4.78, 5) is 25.4. The zero-order chi connectivity index (χ0) is 20.4. The summed E-state index contributed by atoms with van der Waals surface area (Å²) in [5.41, 5.74) is 1.47. The van der Waals surface area contributed by atoms with E-state index in [9.17, 15) is 9.59 Å². The van der Waals surface area contributed by atoms with Crippen LogP contribution in [0.5, 0.6) is 0 Å². The summed E-state index contributed by atoms with van der Waals surface area (Å²) < 4.78 is 7.58. The minimum absolute atomic E-state index is 0.0800. The molecule has 2 N–H and O–H groups in total. The van der Waals surface area contributed by atoms with Gasteiger partial charge in [-0.1, -0.05) is 0 Å². The van der Waals surface area contributed by atoms with Gasteiger partial charge in [-0.05, 0) is 76.1 Å². The van der Waals surface area contributed by atoms with E-state index in [1.807, 2.05) is 30.8 Å². The highest BCUT2D eigenvalue weighted by atomic mass is 16.4. The maximum absolute atomic E-state index is 12.8. The second-order valence-corrected chi connectivity index (χ2v) is 8.51. The number of nitrogens with zero attached hydrogens (tertiary/aromatic N) is 2. The normalized spacial score (nSPS) is 25.0. The first-order valence-electron chi connectivity index (χ1n) is 10.7. The Morgan fingerprint density at radius 3 is 2.66 bits per heavy atom. The summed E-state index contributed by atoms with van der Waals surface area (Å²) in [7, 11) is 0. The van der Waals surface area contributed by atoms with Crippen LogP contribution in [0.3, 0.4) is 0 Å². The van der Waals surface area contributed by atoms with Crippen molar-refractivity contribution in [2.45, 2.75) is 70.4 Å². The molecule has 0 spiro atoms. The Kier molecular flexibility index (Phi) is 5.85. The second kappa shape index (κ2) is 8.53. The highest BCUT2D eigenvalue weighted by molar-refractivity contribution is 5.95. The average Bonchev–Trinajstić information content (AvgIpc) is 3.15. The van der Waals surface area contributed by atoms with Crippen molar-refractivity contribution in [1.82, 2.24) is 20.4 Å². The van der Waals surface area contributed by atoms with Crippen molar-refractivity contribution in [1.29, 1.82) is 0 Å². The van der Waals surface area contributed by atoms with Gasteiger partial charge in [0.25, 0.3) is 5.91 Å². The molecule has 1 saturated heterocycles. The third-order valence-electron chi connectivity index (χ3n) is 6.23. The molecule has 2 aromatic heterocycles. The van der Waals surface area contributed by atoms with Crippen molar-refractivity contribution >= 4 is 5.91 Å². The second-order valence-electron chi connectivity index (χ2n) is 8.51. The number of aryl methyl sites for hydroxylation is 2. The molecule has 2 fully saturated rings. The first-order chi connectivity index (χ1) is 14.0. The molecule has 4 rings (SSSR count). The Morgan fingerprint density at radius 1 is 1.24 bits per heavy atom. The topological polar surface area (TPSA) is 89.2 Å². The number of amides is 1. The van der Waals surface area contributed by atoms with E-state index in [2.05, 4.69) is 21.9 Å². The van der Waals surface area contributed by atoms with E-state index in [-0.39, 0.29) is 23.4 Å². The molecule has 0 aromatic carbocycles. The molecule has 1 unspecified atom stereocenters. The van der Waals surface area contributed by atoms with Gasteiger partial charge in [0.15, 0.2) is 0 Å². The van der Waals surface area contributed by atoms with Gasteiger partial charge in [-0.15, -0.1) is 0 Å². The number of nitrogens with one attached hydrogen (secondary N) is 2. The molecular formula is C22H30N4O3. The lowest BCUT2D eigenvalue weighted by molar-refractivity contribution is 0.0916. The molecule has 1 amide bonds. The van der Waals surface area contributed by atoms with E-state index < -0.39 is 5.63 Å². The van der Waals surface area contributed by atoms with Gasteiger partial charge in [0.2, 0.25) is 0 Å². The predicted octanol–water partition coefficient (Wildman–Crippen LogP) is 2.83. The Balaban J connectivity index is 1.39. The summed E-state index contributed by atoms with van der Waals surface area (Å²) in [6, 6.07) is 2.33. The molecule has 7 nitrogen and oxygen atoms in total. The van der Waals surface area contributed by atoms with Crippen LogP contribution in [0.25, 0.3) is 0 Å². The lowest BCUT2D eigenvalue weighted by Gasteiger charge is -2.29. The lowest BCUT2D eigenvalue weighted by Crippen LogP contribution is -2.40. The molecule has 29 heavy (non-hydrogen) atoms. The van der Waals surface area contributed by atoms with Gasteiger partial charge in [-0.3, -0.25) is 9.48 Å². The monoisotopic (exact) mass is 398 g/mol. The molecule has 0 radical (unpaired) electrons. The molecule has 2 aromatic rings. The van der Waals surface area contributed by atoms with Crippen molar-refractivity contribution in [3.8, 4) is 0 Å². The van der Waals surface area contributed by atoms with Crippen LogP contribution in [0.1, 0.15) is 77.7 Å². The van der Waals surface area contributed by atoms with E-state index in [1.165, 1.54) is 0 Å². The Labute approximate surface area is 170 Å². The van der Waals surface area contributed by atoms with Crippen molar-refractivity contribution < 1.29 is 9.21 Å². The lowest BCUT2D eigenvalue weighted by atomic mass is 9.91. The van der Waals surface area contributed by atoms with Crippen LogP contribution in [0.4, 0.5) is 0 Å². The zero-order valence-corrected chi connectivity index (χ0v) is 17.2. The predicted molar refractivity (Wildman–Crippen MR) is 110 cm³/mol. The fraction of sp³-hybridized carbons (Fsp3) is 0.591. The van der Waals surface area contributed by atoms with Gasteiger partial charge >= 0.3 is 5.63 Å². The molecule has 156 valence electrons. The Morgan fingerprint density at radius 2 is 2.03 bits per heavy atom. The van der Waals surface area contributed by atoms with Crippen molar-refractivity contribution in [2.75, 3.05) is 13.1 Å². The molecule has 1 aliphatic heterocycles. The first kappa shape index (κ1) is 19.9. The molecular weight excluding hydrogens is 368 g/mol. The number of rotatable bonds is 4. The molecule has 1 saturated carbocycles. The SMILES string of the molecule is Cc1cnn(C2CCC(NC(=O)c3c(C)cc(C4CCCNC4)oc3=O)CC2)c1. The molecule has 1 aliphatic carbocycles. The fourth-order valence-electron chi connectivity index (χ4n) is 4.58. The third-order valence-corrected chi connectivity index (χ3v) is 6.23. The Bertz CT molecular complexity index is 918. The van der Waals surface area contributed by atoms with Crippen LogP contribution in [0.2, 0.25) is 0 Å². The van der Waals surface area contributed by atoms with Crippen LogP contribution in [0, 0.1) is 13.8 Å². The van der Waals surface area contributed by atoms with E-state index in [4.69, 9.17) is 4.42 Å². The summed E-state index contributed by atoms with van der Waals surface area (Å²) in [5, 5.41) is 10.8.